The van der Waals surface area contributed by atoms with Crippen LogP contribution in [0.4, 0.5) is 21.1 Å². The fraction of sp³-hybridized carbons (Fsp3) is 0.485. The first-order chi connectivity index (χ1) is 42.6. The molecule has 4 atom stereocenters. The first-order valence-corrected chi connectivity index (χ1v) is 29.9. The van der Waals surface area contributed by atoms with E-state index in [0.717, 1.165) is 130 Å². The Morgan fingerprint density at radius 1 is 0.538 bits per heavy atom. The Kier molecular flexibility index (Phi) is 35.6. The molecular formula is C66H98F2N12O11. The van der Waals surface area contributed by atoms with E-state index in [0.29, 0.717) is 10.6 Å². The van der Waals surface area contributed by atoms with Gasteiger partial charge in [-0.1, -0.05) is 164 Å². The summed E-state index contributed by atoms with van der Waals surface area (Å²) >= 11 is 0. The molecule has 91 heavy (non-hydrogen) atoms. The van der Waals surface area contributed by atoms with E-state index in [9.17, 15) is 49.5 Å². The van der Waals surface area contributed by atoms with Gasteiger partial charge in [-0.25, -0.2) is 10.1 Å². The summed E-state index contributed by atoms with van der Waals surface area (Å²) in [4.78, 5) is 90.3. The van der Waals surface area contributed by atoms with E-state index in [-0.39, 0.29) is 50.4 Å². The molecule has 6 heterocycles. The van der Waals surface area contributed by atoms with Crippen molar-refractivity contribution in [2.75, 3.05) is 52.4 Å². The van der Waals surface area contributed by atoms with E-state index in [1.54, 1.807) is 6.92 Å². The zero-order valence-electron chi connectivity index (χ0n) is 52.7. The van der Waals surface area contributed by atoms with Crippen molar-refractivity contribution in [3.05, 3.63) is 199 Å². The molecule has 10 rings (SSSR count). The van der Waals surface area contributed by atoms with Crippen LogP contribution in [0, 0.1) is 54.0 Å². The van der Waals surface area contributed by atoms with E-state index in [2.05, 4.69) is 44.4 Å². The molecule has 0 spiro atoms. The summed E-state index contributed by atoms with van der Waals surface area (Å²) < 4.78 is 15.0. The number of carbonyl (C=O) groups is 4. The van der Waals surface area contributed by atoms with Gasteiger partial charge in [0.2, 0.25) is 24.0 Å². The summed E-state index contributed by atoms with van der Waals surface area (Å²) in [5.74, 6) is 1.40. The van der Waals surface area contributed by atoms with E-state index in [1.165, 1.54) is 43.0 Å². The van der Waals surface area contributed by atoms with Crippen molar-refractivity contribution in [3.63, 3.8) is 0 Å². The maximum absolute atomic E-state index is 13.1. The average molecular weight is 1280 g/mol. The normalized spacial score (nSPS) is 16.2. The highest BCUT2D eigenvalue weighted by molar-refractivity contribution is 5.85. The van der Waals surface area contributed by atoms with Gasteiger partial charge < -0.3 is 51.1 Å². The number of nitrogens with one attached hydrogen (secondary N) is 1. The van der Waals surface area contributed by atoms with Crippen molar-refractivity contribution in [1.29, 1.82) is 1.45 Å². The van der Waals surface area contributed by atoms with Crippen LogP contribution in [0.3, 0.4) is 0 Å². The molecule has 4 N–H and O–H groups in total. The Labute approximate surface area is 536 Å². The second-order valence-electron chi connectivity index (χ2n) is 22.8. The van der Waals surface area contributed by atoms with E-state index >= 15 is 0 Å². The number of likely N-dealkylation sites (tertiary alicyclic amines) is 3. The predicted octanol–water partition coefficient (Wildman–Crippen LogP) is 12.2. The lowest BCUT2D eigenvalue weighted by Gasteiger charge is -2.33. The molecule has 0 aliphatic carbocycles. The number of aliphatic carboxylic acids is 1. The van der Waals surface area contributed by atoms with Crippen molar-refractivity contribution in [3.8, 4) is 0 Å². The highest BCUT2D eigenvalue weighted by Crippen LogP contribution is 2.27. The Morgan fingerprint density at radius 2 is 0.879 bits per heavy atom. The molecule has 6 aromatic rings. The summed E-state index contributed by atoms with van der Waals surface area (Å²) in [7, 11) is 0. The Hall–Kier alpha value is -8.84. The maximum Gasteiger partial charge on any atom is 0.388 e. The van der Waals surface area contributed by atoms with Gasteiger partial charge in [0.1, 0.15) is 18.3 Å². The van der Waals surface area contributed by atoms with Gasteiger partial charge in [-0.05, 0) is 149 Å². The molecule has 3 amide bonds. The number of carboxylic acid groups (broad SMARTS) is 1. The lowest BCUT2D eigenvalue weighted by atomic mass is 9.95. The van der Waals surface area contributed by atoms with Gasteiger partial charge in [0.05, 0.1) is 11.8 Å². The summed E-state index contributed by atoms with van der Waals surface area (Å²) in [6, 6.07) is 37.0. The summed E-state index contributed by atoms with van der Waals surface area (Å²) in [6.07, 6.45) is 13.4. The van der Waals surface area contributed by atoms with Crippen LogP contribution in [-0.2, 0) is 19.2 Å². The molecule has 4 saturated heterocycles. The number of hydrogen-bond acceptors (Lipinski definition) is 14. The van der Waals surface area contributed by atoms with Gasteiger partial charge in [-0.3, -0.25) is 33.2 Å². The highest BCUT2D eigenvalue weighted by atomic mass is 19.0. The Bertz CT molecular complexity index is 2970. The van der Waals surface area contributed by atoms with E-state index in [4.69, 9.17) is 15.6 Å². The molecule has 4 fully saturated rings. The number of nitrogens with two attached hydrogens (primary N) is 1. The van der Waals surface area contributed by atoms with Gasteiger partial charge in [-0.2, -0.15) is 0 Å². The third kappa shape index (κ3) is 26.3. The van der Waals surface area contributed by atoms with E-state index in [1.807, 2.05) is 143 Å². The number of amides is 3. The van der Waals surface area contributed by atoms with Crippen molar-refractivity contribution >= 4 is 35.3 Å². The van der Waals surface area contributed by atoms with Crippen LogP contribution in [-0.4, -0.2) is 131 Å². The molecular weight excluding hydrogens is 1170 g/mol. The first kappa shape index (κ1) is 78.3. The van der Waals surface area contributed by atoms with Crippen molar-refractivity contribution < 1.29 is 50.0 Å². The fourth-order valence-electron chi connectivity index (χ4n) is 9.99. The topological polar surface area (TPSA) is 301 Å². The van der Waals surface area contributed by atoms with Gasteiger partial charge in [-0.15, -0.1) is 0 Å². The molecule has 4 aliphatic rings. The first-order valence-electron chi connectivity index (χ1n) is 30.3. The van der Waals surface area contributed by atoms with Crippen LogP contribution in [0.15, 0.2) is 146 Å². The summed E-state index contributed by atoms with van der Waals surface area (Å²) in [5.41, 5.74) is 9.68. The summed E-state index contributed by atoms with van der Waals surface area (Å²) in [5, 5.41) is 41.9. The third-order valence-electron chi connectivity index (χ3n) is 16.0. The molecule has 0 saturated carbocycles. The average Bonchev–Trinajstić information content (AvgIpc) is 1.79. The van der Waals surface area contributed by atoms with Gasteiger partial charge in [0, 0.05) is 40.7 Å². The van der Waals surface area contributed by atoms with Crippen LogP contribution >= 0.6 is 0 Å². The quantitative estimate of drug-likeness (QED) is 0.0758. The number of carbonyl (C=O) groups excluding carboxylic acids is 3. The number of nitro groups is 3. The number of carboxylic acids is 1. The molecule has 4 aliphatic heterocycles. The van der Waals surface area contributed by atoms with Crippen LogP contribution in [0.5, 0.6) is 0 Å². The monoisotopic (exact) mass is 1280 g/mol. The second kappa shape index (κ2) is 41.5. The predicted molar refractivity (Wildman–Crippen MR) is 352 cm³/mol. The van der Waals surface area contributed by atoms with Crippen molar-refractivity contribution in [1.82, 2.24) is 39.2 Å². The molecule has 0 unspecified atom stereocenters. The standard InChI is InChI=1S/C17H20N4O3.C15H21NO.C14H20N2O.C9H10O2.C6H13N.C3H2N4O4.2CH4.2FH.H2/c1-13-7-9-19(10-8-13)17(22)16(14-5-3-2-4-6-14)20-11-15(18-12-20)21(23)24;1-12-8-10-16(11-9-12)15(17)13(2)14-6-4-3-5-7-14;1-11-7-9-16(10-8-11)14(17)13(15)12-5-3-2-4-6-12;1-7(9(10)11)8-5-3-2-4-6-8;1-6-2-4-7-5-3-6;8-6(9)3-1-5(2-4-3)7(10)11;;;;;/h2-6,11-13,16H,7-10H2,1H3;3-7,12-13H,8-11H2,1-2H3;2-6,11,13H,7-10,15H2,1H3;2-7H,1H3,(H,10,11);6-7H,2-5H2,1H3;1-2H;2*1H4;3*1H/t16-;2*13-;7-;;;;;;;/m0000......./s1/i;;;;;;;;;;1+2/hT. The van der Waals surface area contributed by atoms with Gasteiger partial charge in [0.25, 0.3) is 7.78 Å². The highest BCUT2D eigenvalue weighted by Gasteiger charge is 2.32. The maximum atomic E-state index is 13.1. The molecule has 0 bridgehead atoms. The number of imidazole rings is 2. The fourth-order valence-corrected chi connectivity index (χ4v) is 9.99. The molecule has 23 nitrogen and oxygen atoms in total. The molecule has 0 radical (unpaired) electrons. The van der Waals surface area contributed by atoms with Gasteiger partial charge >= 0.3 is 17.6 Å². The molecule has 2 aromatic heterocycles. The smallest absolute Gasteiger partial charge is 0.388 e. The molecule has 4 aromatic carbocycles. The van der Waals surface area contributed by atoms with Crippen LogP contribution in [0.25, 0.3) is 0 Å². The number of nitrogens with zero attached hydrogens (tertiary/aromatic N) is 10. The lowest BCUT2D eigenvalue weighted by molar-refractivity contribution is -0.542. The van der Waals surface area contributed by atoms with E-state index < -0.39 is 44.7 Å². The minimum absolute atomic E-state index is 0. The van der Waals surface area contributed by atoms with Crippen LogP contribution in [0.2, 0.25) is 0 Å². The van der Waals surface area contributed by atoms with Crippen molar-refractivity contribution in [2.24, 2.45) is 29.4 Å². The largest absolute Gasteiger partial charge is 0.481 e. The SMILES string of the molecule is C.C.CC1CCN(C(=O)[C@@H](C)c2ccccc2)CC1.CC1CCN(C(=O)[C@@H](N)c2ccccc2)CC1.CC1CCN(C(=O)[C@H](c2ccccc2)n2cnc([N+](=O)[O-])c2)CC1.CC1CCNCC1.C[C@H](C(=O)O)c1ccccc1.F.O=[N+]([O-])c1cn([N+](=O)[O-])cn1.[3HH].[3H]F. The minimum atomic E-state index is -0.819. The number of hydrogen-bond donors (Lipinski definition) is 3. The third-order valence-corrected chi connectivity index (χ3v) is 16.0. The summed E-state index contributed by atoms with van der Waals surface area (Å²) in [6.45, 7) is 20.2. The van der Waals surface area contributed by atoms with Crippen LogP contribution in [0.1, 0.15) is 155 Å². The number of piperidine rings is 4. The molecule has 502 valence electrons. The van der Waals surface area contributed by atoms with Crippen molar-refractivity contribution in [2.45, 2.75) is 132 Å². The number of benzene rings is 4. The minimum Gasteiger partial charge on any atom is -0.481 e. The second-order valence-corrected chi connectivity index (χ2v) is 22.8. The Balaban J connectivity index is 0.00000111. The lowest BCUT2D eigenvalue weighted by Crippen LogP contribution is -2.42. The van der Waals surface area contributed by atoms with Gasteiger partial charge in [0.15, 0.2) is 11.2 Å². The molecule has 25 heteroatoms. The number of aromatic nitrogens is 4. The number of rotatable bonds is 12. The zero-order chi connectivity index (χ0) is 65.4. The number of halogens is 2. The van der Waals surface area contributed by atoms with Crippen LogP contribution < -0.4 is 11.1 Å². The Morgan fingerprint density at radius 3 is 1.22 bits per heavy atom. The zero-order valence-corrected chi connectivity index (χ0v) is 51.7.